The molecule has 4 saturated heterocycles. The highest BCUT2D eigenvalue weighted by Gasteiger charge is 2.30. The second-order valence-electron chi connectivity index (χ2n) is 16.1. The van der Waals surface area contributed by atoms with Gasteiger partial charge in [0.05, 0.1) is 22.6 Å². The van der Waals surface area contributed by atoms with Crippen LogP contribution in [0.25, 0.3) is 32.9 Å². The van der Waals surface area contributed by atoms with Crippen LogP contribution in [0.5, 0.6) is 0 Å². The molecule has 7 heterocycles. The number of carbonyl (C=O) groups excluding carboxylic acids is 2. The molecule has 0 radical (unpaired) electrons. The molecule has 4 aliphatic heterocycles. The van der Waals surface area contributed by atoms with Crippen LogP contribution in [0.3, 0.4) is 0 Å². The number of halogens is 2. The number of likely N-dealkylation sites (tertiary alicyclic amines) is 2. The summed E-state index contributed by atoms with van der Waals surface area (Å²) < 4.78 is 17.2. The summed E-state index contributed by atoms with van der Waals surface area (Å²) in [6.45, 7) is 8.37. The van der Waals surface area contributed by atoms with Gasteiger partial charge in [-0.1, -0.05) is 29.8 Å². The Hall–Kier alpha value is -4.52. The van der Waals surface area contributed by atoms with Crippen molar-refractivity contribution in [1.82, 2.24) is 34.6 Å². The molecule has 3 N–H and O–H groups in total. The predicted molar refractivity (Wildman–Crippen MR) is 215 cm³/mol. The van der Waals surface area contributed by atoms with Gasteiger partial charge in [0.2, 0.25) is 17.8 Å². The number of aromatic amines is 1. The third-order valence-electron chi connectivity index (χ3n) is 12.5. The highest BCUT2D eigenvalue weighted by molar-refractivity contribution is 6.33. The first-order chi connectivity index (χ1) is 26.8. The number of hydrogen-bond acceptors (Lipinski definition) is 8. The van der Waals surface area contributed by atoms with E-state index in [1.165, 1.54) is 19.3 Å². The average Bonchev–Trinajstić information content (AvgIpc) is 3.94. The van der Waals surface area contributed by atoms with Gasteiger partial charge >= 0.3 is 0 Å². The van der Waals surface area contributed by atoms with Crippen molar-refractivity contribution in [3.8, 4) is 11.3 Å². The summed E-state index contributed by atoms with van der Waals surface area (Å²) in [7, 11) is 0. The van der Waals surface area contributed by atoms with Crippen LogP contribution in [0.4, 0.5) is 16.0 Å². The number of amides is 2. The molecule has 5 aromatic rings. The van der Waals surface area contributed by atoms with E-state index in [0.717, 1.165) is 110 Å². The Morgan fingerprint density at radius 1 is 0.909 bits per heavy atom. The van der Waals surface area contributed by atoms with Crippen molar-refractivity contribution in [2.24, 2.45) is 11.8 Å². The van der Waals surface area contributed by atoms with Crippen LogP contribution in [0.2, 0.25) is 5.02 Å². The van der Waals surface area contributed by atoms with E-state index in [1.54, 1.807) is 12.3 Å². The third kappa shape index (κ3) is 7.81. The maximum atomic E-state index is 15.4. The molecular weight excluding hydrogens is 717 g/mol. The van der Waals surface area contributed by atoms with E-state index in [9.17, 15) is 9.59 Å². The van der Waals surface area contributed by atoms with Crippen LogP contribution >= 0.6 is 11.6 Å². The number of aromatic nitrogens is 4. The van der Waals surface area contributed by atoms with Gasteiger partial charge in [0.15, 0.2) is 0 Å². The number of imide groups is 1. The summed E-state index contributed by atoms with van der Waals surface area (Å²) in [5.41, 5.74) is 3.43. The Labute approximate surface area is 325 Å². The summed E-state index contributed by atoms with van der Waals surface area (Å²) >= 11 is 6.56. The molecule has 13 heteroatoms. The maximum absolute atomic E-state index is 15.4. The molecule has 0 spiro atoms. The fourth-order valence-electron chi connectivity index (χ4n) is 9.34. The van der Waals surface area contributed by atoms with Gasteiger partial charge < -0.3 is 29.6 Å². The first kappa shape index (κ1) is 36.1. The van der Waals surface area contributed by atoms with Crippen LogP contribution in [0, 0.1) is 17.7 Å². The molecule has 4 aliphatic rings. The summed E-state index contributed by atoms with van der Waals surface area (Å²) in [6.07, 6.45) is 15.1. The zero-order valence-corrected chi connectivity index (χ0v) is 31.9. The maximum Gasteiger partial charge on any atom is 0.249 e. The number of anilines is 2. The number of rotatable bonds is 10. The van der Waals surface area contributed by atoms with Crippen molar-refractivity contribution in [1.29, 1.82) is 0 Å². The van der Waals surface area contributed by atoms with Gasteiger partial charge in [0.25, 0.3) is 0 Å². The molecule has 2 amide bonds. The van der Waals surface area contributed by atoms with E-state index >= 15 is 4.39 Å². The van der Waals surface area contributed by atoms with Gasteiger partial charge in [0.1, 0.15) is 11.9 Å². The van der Waals surface area contributed by atoms with E-state index in [1.807, 2.05) is 41.4 Å². The van der Waals surface area contributed by atoms with Crippen molar-refractivity contribution in [2.75, 3.05) is 62.6 Å². The Morgan fingerprint density at radius 3 is 2.49 bits per heavy atom. The lowest BCUT2D eigenvalue weighted by Gasteiger charge is -2.38. The van der Waals surface area contributed by atoms with Gasteiger partial charge in [-0.3, -0.25) is 14.9 Å². The number of para-hydroxylation sites is 1. The van der Waals surface area contributed by atoms with E-state index < -0.39 is 6.04 Å². The molecule has 11 nitrogen and oxygen atoms in total. The van der Waals surface area contributed by atoms with Gasteiger partial charge in [-0.15, -0.1) is 0 Å². The fraction of sp³-hybridized carbons (Fsp3) is 0.476. The molecule has 0 bridgehead atoms. The molecule has 4 fully saturated rings. The number of benzene rings is 2. The SMILES string of the molecule is O=C1CCC(n2cc3cc(F)c(N4CCC(CN5CCC(CCN6CCC(Nc7ncc(Cl)c(-c8c[nH]c9ccccc89)n7)C6)CC5)CC4)cc3c2)C(=O)N1. The van der Waals surface area contributed by atoms with Crippen molar-refractivity contribution in [3.05, 3.63) is 72.0 Å². The predicted octanol–water partition coefficient (Wildman–Crippen LogP) is 6.85. The zero-order chi connectivity index (χ0) is 37.5. The lowest BCUT2D eigenvalue weighted by atomic mass is 9.91. The summed E-state index contributed by atoms with van der Waals surface area (Å²) in [4.78, 5) is 44.1. The Balaban J connectivity index is 0.704. The van der Waals surface area contributed by atoms with E-state index in [4.69, 9.17) is 16.6 Å². The van der Waals surface area contributed by atoms with E-state index in [2.05, 4.69) is 47.4 Å². The molecule has 288 valence electrons. The number of nitrogens with one attached hydrogen (secondary N) is 3. The molecule has 2 atom stereocenters. The second kappa shape index (κ2) is 15.5. The van der Waals surface area contributed by atoms with Gasteiger partial charge in [-0.2, -0.15) is 0 Å². The van der Waals surface area contributed by atoms with Crippen molar-refractivity contribution in [3.63, 3.8) is 0 Å². The zero-order valence-electron chi connectivity index (χ0n) is 31.2. The molecule has 9 rings (SSSR count). The molecular formula is C42H49ClFN9O2. The van der Waals surface area contributed by atoms with Crippen LogP contribution < -0.4 is 15.5 Å². The van der Waals surface area contributed by atoms with Crippen LogP contribution in [0.1, 0.15) is 57.4 Å². The van der Waals surface area contributed by atoms with Gasteiger partial charge in [-0.25, -0.2) is 14.4 Å². The average molecular weight is 766 g/mol. The monoisotopic (exact) mass is 765 g/mol. The number of piperidine rings is 3. The summed E-state index contributed by atoms with van der Waals surface area (Å²) in [6, 6.07) is 11.6. The first-order valence-corrected chi connectivity index (χ1v) is 20.4. The highest BCUT2D eigenvalue weighted by Crippen LogP contribution is 2.34. The first-order valence-electron chi connectivity index (χ1n) is 20.0. The molecule has 3 aromatic heterocycles. The normalized spacial score (nSPS) is 22.3. The highest BCUT2D eigenvalue weighted by atomic mass is 35.5. The summed E-state index contributed by atoms with van der Waals surface area (Å²) in [5.74, 6) is 1.27. The fourth-order valence-corrected chi connectivity index (χ4v) is 9.53. The molecule has 2 unspecified atom stereocenters. The minimum atomic E-state index is -0.442. The van der Waals surface area contributed by atoms with Crippen LogP contribution in [-0.4, -0.2) is 99.5 Å². The van der Waals surface area contributed by atoms with Crippen molar-refractivity contribution < 1.29 is 14.0 Å². The van der Waals surface area contributed by atoms with Crippen LogP contribution in [0.15, 0.2) is 61.2 Å². The van der Waals surface area contributed by atoms with Gasteiger partial charge in [-0.05, 0) is 94.6 Å². The van der Waals surface area contributed by atoms with Gasteiger partial charge in [0, 0.05) is 91.0 Å². The topological polar surface area (TPSA) is 114 Å². The number of H-pyrrole nitrogens is 1. The molecule has 2 aromatic carbocycles. The minimum absolute atomic E-state index is 0.221. The molecule has 0 aliphatic carbocycles. The molecule has 55 heavy (non-hydrogen) atoms. The standard InChI is InChI=1S/C42H49ClFN9O2/c43-34-22-46-42(49-40(34)33-21-45-36-4-2-1-3-32(33)36)47-31-12-16-51(26-31)15-9-27-7-13-50(14-8-27)23-28-10-17-52(18-11-28)38-20-30-25-53(24-29(30)19-35(38)44)37-5-6-39(54)48-41(37)55/h1-4,19-22,24-25,27-28,31,37,45H,5-18,23,26H2,(H,46,47,49)(H,48,54,55). The lowest BCUT2D eigenvalue weighted by molar-refractivity contribution is -0.135. The molecule has 0 saturated carbocycles. The smallest absolute Gasteiger partial charge is 0.249 e. The largest absolute Gasteiger partial charge is 0.369 e. The lowest BCUT2D eigenvalue weighted by Crippen LogP contribution is -2.42. The number of hydrogen-bond donors (Lipinski definition) is 3. The number of nitrogens with zero attached hydrogens (tertiary/aromatic N) is 6. The van der Waals surface area contributed by atoms with E-state index in [-0.39, 0.29) is 17.6 Å². The number of carbonyl (C=O) groups is 2. The summed E-state index contributed by atoms with van der Waals surface area (Å²) in [5, 5.41) is 9.33. The van der Waals surface area contributed by atoms with Crippen molar-refractivity contribution >= 4 is 56.7 Å². The van der Waals surface area contributed by atoms with Crippen LogP contribution in [-0.2, 0) is 9.59 Å². The Bertz CT molecular complexity index is 2190. The quantitative estimate of drug-likeness (QED) is 0.132. The second-order valence-corrected chi connectivity index (χ2v) is 16.5. The van der Waals surface area contributed by atoms with E-state index in [0.29, 0.717) is 41.5 Å². The number of fused-ring (bicyclic) bond motifs is 2. The Kier molecular flexibility index (Phi) is 10.2. The minimum Gasteiger partial charge on any atom is -0.369 e. The third-order valence-corrected chi connectivity index (χ3v) is 12.8. The Morgan fingerprint density at radius 2 is 1.67 bits per heavy atom. The van der Waals surface area contributed by atoms with Crippen molar-refractivity contribution in [2.45, 2.75) is 63.5 Å².